The Bertz CT molecular complexity index is 700. The standard InChI is InChI=1S/C18H33O19P/c19-1-4-7(22)10(25)13(28)16(32-4)35-38(31,36-17-14(29)11(26)8(23)5(2-20)33-17)37-18-15(30)12(27)9(24)6(3-21)34-18/h4-30H,1-3H2/t4-,5-,6-,7-,8-,9-,10+,11+,12+,13+,14+,15+,16?,17?,18?,38?/m1/s1. The van der Waals surface area contributed by atoms with Gasteiger partial charge in [0, 0.05) is 0 Å². The van der Waals surface area contributed by atoms with Gasteiger partial charge in [0.1, 0.15) is 73.2 Å². The zero-order valence-corrected chi connectivity index (χ0v) is 20.3. The predicted octanol–water partition coefficient (Wildman–Crippen LogP) is -7.46. The van der Waals surface area contributed by atoms with Crippen molar-refractivity contribution in [3.8, 4) is 0 Å². The van der Waals surface area contributed by atoms with Crippen LogP contribution in [0.4, 0.5) is 0 Å². The molecule has 15 atom stereocenters. The van der Waals surface area contributed by atoms with E-state index in [0.29, 0.717) is 0 Å². The second kappa shape index (κ2) is 13.0. The molecule has 0 aromatic carbocycles. The smallest absolute Gasteiger partial charge is 0.394 e. The molecule has 0 saturated carbocycles. The van der Waals surface area contributed by atoms with E-state index in [1.807, 2.05) is 0 Å². The first-order valence-electron chi connectivity index (χ1n) is 11.3. The fraction of sp³-hybridized carbons (Fsp3) is 1.00. The lowest BCUT2D eigenvalue weighted by molar-refractivity contribution is -0.311. The second-order valence-corrected chi connectivity index (χ2v) is 10.4. The number of phosphoric acid groups is 1. The highest BCUT2D eigenvalue weighted by atomic mass is 31.2. The van der Waals surface area contributed by atoms with Crippen molar-refractivity contribution in [3.63, 3.8) is 0 Å². The molecular weight excluding hydrogens is 551 g/mol. The van der Waals surface area contributed by atoms with E-state index in [4.69, 9.17) is 27.8 Å². The number of rotatable bonds is 9. The summed E-state index contributed by atoms with van der Waals surface area (Å²) in [5.41, 5.74) is 0. The van der Waals surface area contributed by atoms with Gasteiger partial charge in [-0.15, -0.1) is 0 Å². The van der Waals surface area contributed by atoms with Crippen LogP contribution < -0.4 is 0 Å². The maximum atomic E-state index is 13.7. The first-order chi connectivity index (χ1) is 17.8. The summed E-state index contributed by atoms with van der Waals surface area (Å²) in [4.78, 5) is 0. The minimum Gasteiger partial charge on any atom is -0.394 e. The second-order valence-electron chi connectivity index (χ2n) is 8.86. The van der Waals surface area contributed by atoms with Crippen LogP contribution in [0.3, 0.4) is 0 Å². The Morgan fingerprint density at radius 3 is 0.895 bits per heavy atom. The summed E-state index contributed by atoms with van der Waals surface area (Å²) < 4.78 is 44.2. The van der Waals surface area contributed by atoms with E-state index in [9.17, 15) is 65.8 Å². The van der Waals surface area contributed by atoms with Gasteiger partial charge in [-0.2, -0.15) is 0 Å². The summed E-state index contributed by atoms with van der Waals surface area (Å²) in [5.74, 6) is 0. The molecule has 0 aromatic rings. The van der Waals surface area contributed by atoms with Gasteiger partial charge in [-0.05, 0) is 0 Å². The van der Waals surface area contributed by atoms with Gasteiger partial charge in [0.2, 0.25) is 0 Å². The molecule has 224 valence electrons. The van der Waals surface area contributed by atoms with Crippen LogP contribution in [0, 0.1) is 0 Å². The highest BCUT2D eigenvalue weighted by Gasteiger charge is 2.54. The van der Waals surface area contributed by atoms with Crippen LogP contribution in [-0.2, 0) is 32.3 Å². The van der Waals surface area contributed by atoms with Gasteiger partial charge in [-0.3, -0.25) is 13.6 Å². The molecule has 3 aliphatic heterocycles. The molecule has 3 unspecified atom stereocenters. The first-order valence-corrected chi connectivity index (χ1v) is 12.8. The third kappa shape index (κ3) is 6.52. The number of hydrogen-bond donors (Lipinski definition) is 12. The molecule has 0 aromatic heterocycles. The normalized spacial score (nSPS) is 49.9. The van der Waals surface area contributed by atoms with Gasteiger partial charge >= 0.3 is 7.82 Å². The molecule has 0 bridgehead atoms. The number of phosphoric ester groups is 1. The average molecular weight is 584 g/mol. The quantitative estimate of drug-likeness (QED) is 0.112. The first kappa shape index (κ1) is 32.0. The molecule has 0 aliphatic carbocycles. The van der Waals surface area contributed by atoms with E-state index < -0.39 is 120 Å². The van der Waals surface area contributed by atoms with Crippen LogP contribution in [0.2, 0.25) is 0 Å². The lowest BCUT2D eigenvalue weighted by atomic mass is 9.99. The van der Waals surface area contributed by atoms with Crippen LogP contribution in [0.5, 0.6) is 0 Å². The minimum atomic E-state index is -5.46. The molecule has 0 radical (unpaired) electrons. The fourth-order valence-electron chi connectivity index (χ4n) is 3.92. The van der Waals surface area contributed by atoms with E-state index >= 15 is 0 Å². The van der Waals surface area contributed by atoms with E-state index in [1.165, 1.54) is 0 Å². The Hall–Kier alpha value is -0.490. The van der Waals surface area contributed by atoms with Crippen molar-refractivity contribution < 1.29 is 93.6 Å². The Kier molecular flexibility index (Phi) is 11.0. The summed E-state index contributed by atoms with van der Waals surface area (Å²) in [6.07, 6.45) is -29.5. The zero-order chi connectivity index (χ0) is 28.5. The van der Waals surface area contributed by atoms with Crippen molar-refractivity contribution in [1.82, 2.24) is 0 Å². The van der Waals surface area contributed by atoms with Crippen molar-refractivity contribution in [3.05, 3.63) is 0 Å². The minimum absolute atomic E-state index is 0.920. The largest absolute Gasteiger partial charge is 0.482 e. The van der Waals surface area contributed by atoms with Crippen LogP contribution >= 0.6 is 7.82 Å². The Balaban J connectivity index is 1.91. The van der Waals surface area contributed by atoms with Crippen LogP contribution in [-0.4, -0.2) is 173 Å². The summed E-state index contributed by atoms with van der Waals surface area (Å²) in [6.45, 7) is -2.76. The van der Waals surface area contributed by atoms with Gasteiger partial charge in [-0.1, -0.05) is 0 Å². The number of ether oxygens (including phenoxy) is 3. The SMILES string of the molecule is O=P(OC1O[C@H](CO)[C@@H](O)[C@H](O)[C@@H]1O)(OC1O[C@H](CO)[C@@H](O)[C@H](O)[C@@H]1O)OC1O[C@H](CO)[C@@H](O)[C@H](O)[C@@H]1O. The van der Waals surface area contributed by atoms with Crippen molar-refractivity contribution >= 4 is 7.82 Å². The van der Waals surface area contributed by atoms with Crippen molar-refractivity contribution in [2.45, 2.75) is 92.1 Å². The lowest BCUT2D eigenvalue weighted by Crippen LogP contribution is -2.60. The predicted molar refractivity (Wildman–Crippen MR) is 112 cm³/mol. The van der Waals surface area contributed by atoms with Gasteiger partial charge in [-0.25, -0.2) is 4.57 Å². The molecule has 19 nitrogen and oxygen atoms in total. The van der Waals surface area contributed by atoms with Gasteiger partial charge in [0.05, 0.1) is 19.8 Å². The van der Waals surface area contributed by atoms with Crippen molar-refractivity contribution in [2.75, 3.05) is 19.8 Å². The molecule has 3 fully saturated rings. The maximum Gasteiger partial charge on any atom is 0.482 e. The summed E-state index contributed by atoms with van der Waals surface area (Å²) >= 11 is 0. The monoisotopic (exact) mass is 584 g/mol. The molecule has 0 spiro atoms. The van der Waals surface area contributed by atoms with Crippen LogP contribution in [0.1, 0.15) is 0 Å². The van der Waals surface area contributed by atoms with Gasteiger partial charge in [0.15, 0.2) is 18.9 Å². The van der Waals surface area contributed by atoms with E-state index in [2.05, 4.69) is 0 Å². The van der Waals surface area contributed by atoms with Gasteiger partial charge < -0.3 is 75.5 Å². The topological polar surface area (TPSA) is 315 Å². The van der Waals surface area contributed by atoms with E-state index in [1.54, 1.807) is 0 Å². The Morgan fingerprint density at radius 2 is 0.684 bits per heavy atom. The molecule has 12 N–H and O–H groups in total. The fourth-order valence-corrected chi connectivity index (χ4v) is 5.36. The lowest BCUT2D eigenvalue weighted by Gasteiger charge is -2.44. The van der Waals surface area contributed by atoms with Crippen LogP contribution in [0.25, 0.3) is 0 Å². The summed E-state index contributed by atoms with van der Waals surface area (Å²) in [6, 6.07) is 0. The van der Waals surface area contributed by atoms with E-state index in [0.717, 1.165) is 0 Å². The van der Waals surface area contributed by atoms with Crippen LogP contribution in [0.15, 0.2) is 0 Å². The Morgan fingerprint density at radius 1 is 0.447 bits per heavy atom. The third-order valence-electron chi connectivity index (χ3n) is 6.24. The summed E-state index contributed by atoms with van der Waals surface area (Å²) in [7, 11) is -5.46. The number of aliphatic hydroxyl groups is 12. The molecule has 0 amide bonds. The molecule has 38 heavy (non-hydrogen) atoms. The molecule has 3 heterocycles. The molecule has 3 aliphatic rings. The Labute approximate surface area is 214 Å². The van der Waals surface area contributed by atoms with Crippen molar-refractivity contribution in [2.24, 2.45) is 0 Å². The van der Waals surface area contributed by atoms with Gasteiger partial charge in [0.25, 0.3) is 0 Å². The highest BCUT2D eigenvalue weighted by molar-refractivity contribution is 7.48. The molecule has 3 saturated heterocycles. The summed E-state index contributed by atoms with van der Waals surface area (Å²) in [5, 5.41) is 119. The average Bonchev–Trinajstić information content (AvgIpc) is 2.89. The van der Waals surface area contributed by atoms with Crippen molar-refractivity contribution in [1.29, 1.82) is 0 Å². The number of hydrogen-bond acceptors (Lipinski definition) is 19. The third-order valence-corrected chi connectivity index (χ3v) is 7.64. The molecular formula is C18H33O19P. The molecule has 3 rings (SSSR count). The maximum absolute atomic E-state index is 13.7. The zero-order valence-electron chi connectivity index (χ0n) is 19.5. The number of aliphatic hydroxyl groups excluding tert-OH is 12. The molecule has 20 heteroatoms. The highest BCUT2D eigenvalue weighted by Crippen LogP contribution is 2.56. The van der Waals surface area contributed by atoms with E-state index in [-0.39, 0.29) is 0 Å².